The van der Waals surface area contributed by atoms with Crippen LogP contribution in [0.4, 0.5) is 0 Å². The summed E-state index contributed by atoms with van der Waals surface area (Å²) >= 11 is 0. The fourth-order valence-corrected chi connectivity index (χ4v) is 2.58. The van der Waals surface area contributed by atoms with E-state index >= 15 is 0 Å². The molecule has 0 N–H and O–H groups in total. The van der Waals surface area contributed by atoms with Gasteiger partial charge in [-0.05, 0) is 31.2 Å². The van der Waals surface area contributed by atoms with Gasteiger partial charge in [-0.1, -0.05) is 28.9 Å². The van der Waals surface area contributed by atoms with Gasteiger partial charge in [0.1, 0.15) is 6.54 Å². The number of rotatable bonds is 4. The molecule has 4 aromatic rings. The maximum atomic E-state index is 5.39. The summed E-state index contributed by atoms with van der Waals surface area (Å²) in [4.78, 5) is 8.52. The van der Waals surface area contributed by atoms with E-state index in [0.29, 0.717) is 18.3 Å². The SMILES string of the molecule is Cc1cccc(-c2noc(Cn3nccc3-c3ccncc3)n2)c1. The van der Waals surface area contributed by atoms with Crippen LogP contribution in [0.25, 0.3) is 22.6 Å². The smallest absolute Gasteiger partial charge is 0.248 e. The Labute approximate surface area is 138 Å². The third kappa shape index (κ3) is 2.81. The van der Waals surface area contributed by atoms with Crippen LogP contribution in [-0.4, -0.2) is 24.9 Å². The summed E-state index contributed by atoms with van der Waals surface area (Å²) in [5.74, 6) is 1.11. The van der Waals surface area contributed by atoms with Crippen molar-refractivity contribution in [3.63, 3.8) is 0 Å². The molecule has 0 radical (unpaired) electrons. The van der Waals surface area contributed by atoms with Crippen LogP contribution in [-0.2, 0) is 6.54 Å². The van der Waals surface area contributed by atoms with E-state index in [2.05, 4.69) is 20.2 Å². The zero-order chi connectivity index (χ0) is 16.4. The first kappa shape index (κ1) is 14.3. The van der Waals surface area contributed by atoms with Crippen LogP contribution < -0.4 is 0 Å². The monoisotopic (exact) mass is 317 g/mol. The average molecular weight is 317 g/mol. The lowest BCUT2D eigenvalue weighted by Crippen LogP contribution is -2.04. The molecule has 3 heterocycles. The van der Waals surface area contributed by atoms with Gasteiger partial charge in [-0.15, -0.1) is 0 Å². The molecule has 0 aliphatic rings. The quantitative estimate of drug-likeness (QED) is 0.577. The van der Waals surface area contributed by atoms with E-state index in [1.807, 2.05) is 54.1 Å². The molecule has 3 aromatic heterocycles. The first-order chi connectivity index (χ1) is 11.8. The summed E-state index contributed by atoms with van der Waals surface area (Å²) in [5.41, 5.74) is 4.12. The number of aryl methyl sites for hydroxylation is 1. The van der Waals surface area contributed by atoms with Gasteiger partial charge in [-0.2, -0.15) is 10.1 Å². The number of aromatic nitrogens is 5. The highest BCUT2D eigenvalue weighted by atomic mass is 16.5. The first-order valence-electron chi connectivity index (χ1n) is 7.61. The number of hydrogen-bond acceptors (Lipinski definition) is 5. The second-order valence-corrected chi connectivity index (χ2v) is 5.49. The van der Waals surface area contributed by atoms with E-state index in [9.17, 15) is 0 Å². The van der Waals surface area contributed by atoms with Crippen LogP contribution in [0.3, 0.4) is 0 Å². The topological polar surface area (TPSA) is 69.6 Å². The number of benzene rings is 1. The fourth-order valence-electron chi connectivity index (χ4n) is 2.58. The van der Waals surface area contributed by atoms with E-state index < -0.39 is 0 Å². The molecule has 0 fully saturated rings. The molecular formula is C18H15N5O. The lowest BCUT2D eigenvalue weighted by molar-refractivity contribution is 0.367. The zero-order valence-corrected chi connectivity index (χ0v) is 13.1. The summed E-state index contributed by atoms with van der Waals surface area (Å²) in [6.45, 7) is 2.46. The van der Waals surface area contributed by atoms with Crippen molar-refractivity contribution in [2.45, 2.75) is 13.5 Å². The van der Waals surface area contributed by atoms with Crippen LogP contribution in [0, 0.1) is 6.92 Å². The summed E-state index contributed by atoms with van der Waals surface area (Å²) in [5, 5.41) is 8.43. The highest BCUT2D eigenvalue weighted by Crippen LogP contribution is 2.20. The van der Waals surface area contributed by atoms with E-state index in [4.69, 9.17) is 4.52 Å². The Morgan fingerprint density at radius 3 is 2.71 bits per heavy atom. The normalized spacial score (nSPS) is 10.9. The van der Waals surface area contributed by atoms with Crippen molar-refractivity contribution in [1.82, 2.24) is 24.9 Å². The van der Waals surface area contributed by atoms with Gasteiger partial charge in [0.05, 0.1) is 5.69 Å². The molecule has 0 atom stereocenters. The maximum absolute atomic E-state index is 5.39. The molecule has 6 nitrogen and oxygen atoms in total. The number of nitrogens with zero attached hydrogens (tertiary/aromatic N) is 5. The Kier molecular flexibility index (Phi) is 3.63. The first-order valence-corrected chi connectivity index (χ1v) is 7.61. The van der Waals surface area contributed by atoms with Gasteiger partial charge < -0.3 is 4.52 Å². The summed E-state index contributed by atoms with van der Waals surface area (Å²) in [6.07, 6.45) is 5.28. The molecule has 0 saturated heterocycles. The van der Waals surface area contributed by atoms with E-state index in [1.54, 1.807) is 18.6 Å². The second kappa shape index (κ2) is 6.08. The van der Waals surface area contributed by atoms with Crippen molar-refractivity contribution in [1.29, 1.82) is 0 Å². The third-order valence-corrected chi connectivity index (χ3v) is 3.72. The predicted molar refractivity (Wildman–Crippen MR) is 89.0 cm³/mol. The minimum absolute atomic E-state index is 0.420. The highest BCUT2D eigenvalue weighted by Gasteiger charge is 2.12. The largest absolute Gasteiger partial charge is 0.337 e. The standard InChI is InChI=1S/C18H15N5O/c1-13-3-2-4-15(11-13)18-21-17(24-22-18)12-23-16(7-10-20-23)14-5-8-19-9-6-14/h2-11H,12H2,1H3. The molecule has 4 rings (SSSR count). The van der Waals surface area contributed by atoms with E-state index in [1.165, 1.54) is 0 Å². The Balaban J connectivity index is 1.61. The summed E-state index contributed by atoms with van der Waals surface area (Å²) in [7, 11) is 0. The van der Waals surface area contributed by atoms with Gasteiger partial charge in [0.2, 0.25) is 11.7 Å². The molecule has 24 heavy (non-hydrogen) atoms. The maximum Gasteiger partial charge on any atom is 0.248 e. The summed E-state index contributed by atoms with van der Waals surface area (Å²) in [6, 6.07) is 13.9. The van der Waals surface area contributed by atoms with Gasteiger partial charge in [-0.25, -0.2) is 0 Å². The predicted octanol–water partition coefficient (Wildman–Crippen LogP) is 3.35. The van der Waals surface area contributed by atoms with Crippen LogP contribution in [0.5, 0.6) is 0 Å². The lowest BCUT2D eigenvalue weighted by atomic mass is 10.1. The van der Waals surface area contributed by atoms with Crippen molar-refractivity contribution < 1.29 is 4.52 Å². The molecule has 1 aromatic carbocycles. The average Bonchev–Trinajstić information content (AvgIpc) is 3.26. The lowest BCUT2D eigenvalue weighted by Gasteiger charge is -2.04. The van der Waals surface area contributed by atoms with E-state index in [-0.39, 0.29) is 0 Å². The van der Waals surface area contributed by atoms with Gasteiger partial charge in [0.15, 0.2) is 0 Å². The molecule has 6 heteroatoms. The van der Waals surface area contributed by atoms with Crippen LogP contribution >= 0.6 is 0 Å². The molecule has 0 spiro atoms. The van der Waals surface area contributed by atoms with Crippen LogP contribution in [0.15, 0.2) is 65.6 Å². The Morgan fingerprint density at radius 2 is 1.88 bits per heavy atom. The van der Waals surface area contributed by atoms with Crippen LogP contribution in [0.1, 0.15) is 11.5 Å². The highest BCUT2D eigenvalue weighted by molar-refractivity contribution is 5.58. The fraction of sp³-hybridized carbons (Fsp3) is 0.111. The van der Waals surface area contributed by atoms with Gasteiger partial charge in [-0.3, -0.25) is 9.67 Å². The molecule has 0 saturated carbocycles. The summed E-state index contributed by atoms with van der Waals surface area (Å²) < 4.78 is 7.23. The minimum atomic E-state index is 0.420. The van der Waals surface area contributed by atoms with Crippen LogP contribution in [0.2, 0.25) is 0 Å². The van der Waals surface area contributed by atoms with Crippen molar-refractivity contribution in [3.05, 3.63) is 72.5 Å². The molecule has 0 aliphatic heterocycles. The Hall–Kier alpha value is -3.28. The van der Waals surface area contributed by atoms with Crippen molar-refractivity contribution in [2.24, 2.45) is 0 Å². The van der Waals surface area contributed by atoms with Crippen molar-refractivity contribution >= 4 is 0 Å². The Morgan fingerprint density at radius 1 is 1.00 bits per heavy atom. The van der Waals surface area contributed by atoms with Crippen molar-refractivity contribution in [2.75, 3.05) is 0 Å². The molecule has 0 bridgehead atoms. The van der Waals surface area contributed by atoms with Gasteiger partial charge in [0, 0.05) is 29.7 Å². The van der Waals surface area contributed by atoms with Gasteiger partial charge in [0.25, 0.3) is 0 Å². The van der Waals surface area contributed by atoms with E-state index in [0.717, 1.165) is 22.4 Å². The molecule has 0 amide bonds. The minimum Gasteiger partial charge on any atom is -0.337 e. The molecule has 0 unspecified atom stereocenters. The molecule has 118 valence electrons. The van der Waals surface area contributed by atoms with Crippen molar-refractivity contribution in [3.8, 4) is 22.6 Å². The number of pyridine rings is 1. The molecular weight excluding hydrogens is 302 g/mol. The number of hydrogen-bond donors (Lipinski definition) is 0. The Bertz CT molecular complexity index is 958. The van der Waals surface area contributed by atoms with Gasteiger partial charge >= 0.3 is 0 Å². The third-order valence-electron chi connectivity index (χ3n) is 3.72. The molecule has 0 aliphatic carbocycles. The second-order valence-electron chi connectivity index (χ2n) is 5.49. The zero-order valence-electron chi connectivity index (χ0n) is 13.1.